The summed E-state index contributed by atoms with van der Waals surface area (Å²) in [5.41, 5.74) is 0.743. The molecule has 1 unspecified atom stereocenters. The summed E-state index contributed by atoms with van der Waals surface area (Å²) in [5, 5.41) is 19.5. The lowest BCUT2D eigenvalue weighted by Gasteiger charge is -2.30. The van der Waals surface area contributed by atoms with Crippen LogP contribution in [0.5, 0.6) is 0 Å². The molecule has 1 aliphatic carbocycles. The molecule has 0 bridgehead atoms. The SMILES string of the molecule is CC(=O)/C(C#N)=C/c1ccn(C)n1.CCCCC(CCC)C1CCCCC1.O=CO. The molecule has 0 amide bonds. The van der Waals surface area contributed by atoms with Crippen LogP contribution in [-0.4, -0.2) is 27.1 Å². The molecule has 6 heteroatoms. The molecule has 1 saturated carbocycles. The summed E-state index contributed by atoms with van der Waals surface area (Å²) in [6.07, 6.45) is 18.1. The number of nitrogens with zero attached hydrogens (tertiary/aromatic N) is 3. The highest BCUT2D eigenvalue weighted by atomic mass is 16.3. The van der Waals surface area contributed by atoms with Crippen molar-refractivity contribution in [3.8, 4) is 6.07 Å². The summed E-state index contributed by atoms with van der Waals surface area (Å²) in [4.78, 5) is 19.2. The summed E-state index contributed by atoms with van der Waals surface area (Å²) >= 11 is 0. The summed E-state index contributed by atoms with van der Waals surface area (Å²) in [7, 11) is 1.77. The summed E-state index contributed by atoms with van der Waals surface area (Å²) in [6, 6.07) is 3.56. The van der Waals surface area contributed by atoms with Gasteiger partial charge in [0.05, 0.1) is 11.3 Å². The van der Waals surface area contributed by atoms with Gasteiger partial charge in [0.25, 0.3) is 6.47 Å². The van der Waals surface area contributed by atoms with E-state index in [1.807, 2.05) is 6.07 Å². The second-order valence-corrected chi connectivity index (χ2v) is 7.83. The standard InChI is InChI=1S/C14H28.C9H9N3O.CH2O2/c1-3-5-10-13(9-4-2)14-11-7-6-8-12-14;1-7(13)8(6-10)5-9-3-4-12(2)11-9;2-1-3/h13-14H,3-12H2,1-2H3;3-5H,1-2H3;1H,(H,2,3)/b;8-5+;. The van der Waals surface area contributed by atoms with E-state index >= 15 is 0 Å². The molecule has 2 rings (SSSR count). The van der Waals surface area contributed by atoms with Crippen LogP contribution in [0.2, 0.25) is 0 Å². The van der Waals surface area contributed by atoms with E-state index in [0.717, 1.165) is 11.8 Å². The molecule has 0 radical (unpaired) electrons. The van der Waals surface area contributed by atoms with Gasteiger partial charge in [0.2, 0.25) is 0 Å². The number of allylic oxidation sites excluding steroid dienone is 1. The van der Waals surface area contributed by atoms with Crippen LogP contribution in [0.3, 0.4) is 0 Å². The van der Waals surface area contributed by atoms with Crippen molar-refractivity contribution in [3.05, 3.63) is 23.5 Å². The van der Waals surface area contributed by atoms with Gasteiger partial charge in [0, 0.05) is 13.2 Å². The van der Waals surface area contributed by atoms with Crippen LogP contribution in [0, 0.1) is 23.2 Å². The molecule has 0 aromatic carbocycles. The second kappa shape index (κ2) is 17.4. The van der Waals surface area contributed by atoms with Crippen LogP contribution >= 0.6 is 0 Å². The minimum absolute atomic E-state index is 0.124. The predicted molar refractivity (Wildman–Crippen MR) is 121 cm³/mol. The third-order valence-corrected chi connectivity index (χ3v) is 5.43. The van der Waals surface area contributed by atoms with Gasteiger partial charge in [-0.15, -0.1) is 0 Å². The number of hydrogen-bond donors (Lipinski definition) is 1. The zero-order valence-corrected chi connectivity index (χ0v) is 19.1. The molecule has 30 heavy (non-hydrogen) atoms. The Bertz CT molecular complexity index is 667. The Morgan fingerprint density at radius 2 is 1.93 bits per heavy atom. The molecular formula is C24H39N3O3. The number of ketones is 1. The number of nitriles is 1. The third kappa shape index (κ3) is 12.2. The number of carboxylic acid groups (broad SMARTS) is 1. The average molecular weight is 418 g/mol. The van der Waals surface area contributed by atoms with E-state index in [9.17, 15) is 4.79 Å². The van der Waals surface area contributed by atoms with Crippen LogP contribution in [-0.2, 0) is 16.6 Å². The van der Waals surface area contributed by atoms with E-state index in [1.54, 1.807) is 24.0 Å². The monoisotopic (exact) mass is 417 g/mol. The third-order valence-electron chi connectivity index (χ3n) is 5.43. The summed E-state index contributed by atoms with van der Waals surface area (Å²) in [5.74, 6) is 1.92. The molecule has 0 aliphatic heterocycles. The lowest BCUT2D eigenvalue weighted by molar-refractivity contribution is -0.122. The van der Waals surface area contributed by atoms with Gasteiger partial charge in [-0.3, -0.25) is 14.3 Å². The van der Waals surface area contributed by atoms with Crippen LogP contribution in [0.4, 0.5) is 0 Å². The molecular weight excluding hydrogens is 378 g/mol. The maximum Gasteiger partial charge on any atom is 0.290 e. The minimum Gasteiger partial charge on any atom is -0.483 e. The average Bonchev–Trinajstić information content (AvgIpc) is 3.15. The number of hydrogen-bond acceptors (Lipinski definition) is 4. The molecule has 1 aromatic heterocycles. The van der Waals surface area contributed by atoms with Crippen molar-refractivity contribution in [1.29, 1.82) is 5.26 Å². The molecule has 0 spiro atoms. The topological polar surface area (TPSA) is 96.0 Å². The van der Waals surface area contributed by atoms with E-state index < -0.39 is 0 Å². The molecule has 1 aromatic rings. The lowest BCUT2D eigenvalue weighted by Crippen LogP contribution is -2.17. The Hall–Kier alpha value is -2.42. The zero-order chi connectivity index (χ0) is 22.8. The van der Waals surface area contributed by atoms with Crippen LogP contribution in [0.15, 0.2) is 17.8 Å². The highest BCUT2D eigenvalue weighted by Gasteiger charge is 2.22. The number of aromatic nitrogens is 2. The van der Waals surface area contributed by atoms with Crippen LogP contribution < -0.4 is 0 Å². The number of Topliss-reactive ketones (excluding diaryl/α,β-unsaturated/α-hetero) is 1. The maximum absolute atomic E-state index is 10.9. The van der Waals surface area contributed by atoms with Gasteiger partial charge in [-0.05, 0) is 30.9 Å². The van der Waals surface area contributed by atoms with E-state index in [0.29, 0.717) is 5.69 Å². The smallest absolute Gasteiger partial charge is 0.290 e. The normalized spacial score (nSPS) is 15.0. The second-order valence-electron chi connectivity index (χ2n) is 7.83. The molecule has 168 valence electrons. The number of carbonyl (C=O) groups excluding carboxylic acids is 1. The first-order chi connectivity index (χ1) is 14.4. The molecule has 6 nitrogen and oxygen atoms in total. The number of aryl methyl sites for hydroxylation is 1. The summed E-state index contributed by atoms with van der Waals surface area (Å²) in [6.45, 7) is 5.78. The first-order valence-electron chi connectivity index (χ1n) is 11.1. The number of unbranched alkanes of at least 4 members (excludes halogenated alkanes) is 1. The van der Waals surface area contributed by atoms with Gasteiger partial charge in [-0.1, -0.05) is 78.1 Å². The van der Waals surface area contributed by atoms with E-state index in [-0.39, 0.29) is 17.8 Å². The molecule has 1 fully saturated rings. The van der Waals surface area contributed by atoms with Gasteiger partial charge >= 0.3 is 0 Å². The van der Waals surface area contributed by atoms with Crippen molar-refractivity contribution in [3.63, 3.8) is 0 Å². The largest absolute Gasteiger partial charge is 0.483 e. The predicted octanol–water partition coefficient (Wildman–Crippen LogP) is 5.79. The molecule has 1 heterocycles. The molecule has 1 N–H and O–H groups in total. The first-order valence-corrected chi connectivity index (χ1v) is 11.1. The Kier molecular flexibility index (Phi) is 16.0. The Labute approximate surface area is 182 Å². The van der Waals surface area contributed by atoms with Crippen molar-refractivity contribution in [2.75, 3.05) is 0 Å². The quantitative estimate of drug-likeness (QED) is 0.328. The highest BCUT2D eigenvalue weighted by molar-refractivity contribution is 6.01. The summed E-state index contributed by atoms with van der Waals surface area (Å²) < 4.78 is 1.61. The van der Waals surface area contributed by atoms with Gasteiger partial charge in [-0.25, -0.2) is 0 Å². The Balaban J connectivity index is 0.000000497. The van der Waals surface area contributed by atoms with Crippen molar-refractivity contribution >= 4 is 18.3 Å². The fourth-order valence-electron chi connectivity index (χ4n) is 3.93. The van der Waals surface area contributed by atoms with Crippen molar-refractivity contribution in [2.24, 2.45) is 18.9 Å². The van der Waals surface area contributed by atoms with Crippen LogP contribution in [0.25, 0.3) is 6.08 Å². The van der Waals surface area contributed by atoms with Gasteiger partial charge in [0.15, 0.2) is 5.78 Å². The van der Waals surface area contributed by atoms with Gasteiger partial charge < -0.3 is 5.11 Å². The van der Waals surface area contributed by atoms with Crippen LogP contribution in [0.1, 0.15) is 90.7 Å². The molecule has 1 atom stereocenters. The zero-order valence-electron chi connectivity index (χ0n) is 19.1. The fourth-order valence-corrected chi connectivity index (χ4v) is 3.93. The van der Waals surface area contributed by atoms with E-state index in [1.165, 1.54) is 77.2 Å². The lowest BCUT2D eigenvalue weighted by atomic mass is 9.76. The Morgan fingerprint density at radius 1 is 1.30 bits per heavy atom. The highest BCUT2D eigenvalue weighted by Crippen LogP contribution is 2.35. The maximum atomic E-state index is 10.9. The van der Waals surface area contributed by atoms with Crippen molar-refractivity contribution in [2.45, 2.75) is 85.0 Å². The fraction of sp³-hybridized carbons (Fsp3) is 0.667. The van der Waals surface area contributed by atoms with E-state index in [4.69, 9.17) is 15.2 Å². The number of rotatable bonds is 8. The number of carbonyl (C=O) groups is 2. The van der Waals surface area contributed by atoms with Crippen molar-refractivity contribution in [1.82, 2.24) is 9.78 Å². The Morgan fingerprint density at radius 3 is 2.37 bits per heavy atom. The van der Waals surface area contributed by atoms with Gasteiger partial charge in [-0.2, -0.15) is 10.4 Å². The van der Waals surface area contributed by atoms with Gasteiger partial charge in [0.1, 0.15) is 6.07 Å². The first kappa shape index (κ1) is 27.6. The van der Waals surface area contributed by atoms with E-state index in [2.05, 4.69) is 18.9 Å². The van der Waals surface area contributed by atoms with Crippen molar-refractivity contribution < 1.29 is 14.7 Å². The molecule has 0 saturated heterocycles. The molecule has 1 aliphatic rings. The minimum atomic E-state index is -0.250.